The summed E-state index contributed by atoms with van der Waals surface area (Å²) in [7, 11) is 1.57. The molecule has 2 rings (SSSR count). The van der Waals surface area contributed by atoms with Crippen LogP contribution in [-0.2, 0) is 4.79 Å². The van der Waals surface area contributed by atoms with E-state index in [1.165, 1.54) is 6.33 Å². The summed E-state index contributed by atoms with van der Waals surface area (Å²) >= 11 is 0. The Labute approximate surface area is 115 Å². The Morgan fingerprint density at radius 2 is 2.30 bits per heavy atom. The van der Waals surface area contributed by atoms with Gasteiger partial charge in [0.05, 0.1) is 10.3 Å². The van der Waals surface area contributed by atoms with Crippen LogP contribution in [0.5, 0.6) is 0 Å². The van der Waals surface area contributed by atoms with E-state index in [0.717, 1.165) is 0 Å². The SMILES string of the molecule is CNC(=O)C1(C)CCN(c2ncnc(N)c2[N+](=O)[O-])C1. The molecule has 1 aliphatic heterocycles. The van der Waals surface area contributed by atoms with Crippen LogP contribution in [0.3, 0.4) is 0 Å². The van der Waals surface area contributed by atoms with Crippen LogP contribution in [0, 0.1) is 15.5 Å². The summed E-state index contributed by atoms with van der Waals surface area (Å²) in [6.07, 6.45) is 1.78. The maximum atomic E-state index is 11.9. The summed E-state index contributed by atoms with van der Waals surface area (Å²) < 4.78 is 0. The van der Waals surface area contributed by atoms with Crippen LogP contribution in [0.15, 0.2) is 6.33 Å². The van der Waals surface area contributed by atoms with Crippen LogP contribution in [0.2, 0.25) is 0 Å². The van der Waals surface area contributed by atoms with E-state index in [1.54, 1.807) is 11.9 Å². The maximum Gasteiger partial charge on any atom is 0.353 e. The van der Waals surface area contributed by atoms with Crippen molar-refractivity contribution < 1.29 is 9.72 Å². The average molecular weight is 280 g/mol. The molecule has 1 aliphatic rings. The lowest BCUT2D eigenvalue weighted by atomic mass is 9.89. The van der Waals surface area contributed by atoms with Crippen molar-refractivity contribution in [2.45, 2.75) is 13.3 Å². The molecule has 1 saturated heterocycles. The monoisotopic (exact) mass is 280 g/mol. The molecule has 0 radical (unpaired) electrons. The van der Waals surface area contributed by atoms with Gasteiger partial charge < -0.3 is 16.0 Å². The molecule has 20 heavy (non-hydrogen) atoms. The van der Waals surface area contributed by atoms with Crippen LogP contribution in [0.25, 0.3) is 0 Å². The second-order valence-electron chi connectivity index (χ2n) is 5.00. The third-order valence-electron chi connectivity index (χ3n) is 3.56. The normalized spacial score (nSPS) is 21.8. The van der Waals surface area contributed by atoms with Crippen molar-refractivity contribution in [2.24, 2.45) is 5.41 Å². The molecule has 0 aromatic carbocycles. The van der Waals surface area contributed by atoms with Gasteiger partial charge in [-0.1, -0.05) is 0 Å². The highest BCUT2D eigenvalue weighted by molar-refractivity contribution is 5.84. The molecular weight excluding hydrogens is 264 g/mol. The second-order valence-corrected chi connectivity index (χ2v) is 5.00. The van der Waals surface area contributed by atoms with E-state index in [2.05, 4.69) is 15.3 Å². The molecule has 1 amide bonds. The number of nitrogens with zero attached hydrogens (tertiary/aromatic N) is 4. The topological polar surface area (TPSA) is 127 Å². The minimum absolute atomic E-state index is 0.0929. The first-order valence-electron chi connectivity index (χ1n) is 6.11. The van der Waals surface area contributed by atoms with E-state index in [-0.39, 0.29) is 23.2 Å². The number of carbonyl (C=O) groups excluding carboxylic acids is 1. The molecule has 0 bridgehead atoms. The Hall–Kier alpha value is -2.45. The number of nitro groups is 1. The first-order valence-corrected chi connectivity index (χ1v) is 6.11. The van der Waals surface area contributed by atoms with E-state index < -0.39 is 10.3 Å². The fourth-order valence-electron chi connectivity index (χ4n) is 2.42. The van der Waals surface area contributed by atoms with Crippen LogP contribution in [0.1, 0.15) is 13.3 Å². The van der Waals surface area contributed by atoms with Gasteiger partial charge in [-0.25, -0.2) is 9.97 Å². The Kier molecular flexibility index (Phi) is 3.43. The van der Waals surface area contributed by atoms with Gasteiger partial charge in [-0.2, -0.15) is 0 Å². The van der Waals surface area contributed by atoms with Gasteiger partial charge in [0.1, 0.15) is 6.33 Å². The van der Waals surface area contributed by atoms with Gasteiger partial charge in [-0.3, -0.25) is 14.9 Å². The van der Waals surface area contributed by atoms with E-state index in [1.807, 2.05) is 6.92 Å². The summed E-state index contributed by atoms with van der Waals surface area (Å²) in [5.74, 6) is -0.103. The van der Waals surface area contributed by atoms with Gasteiger partial charge in [0.15, 0.2) is 0 Å². The number of rotatable bonds is 3. The highest BCUT2D eigenvalue weighted by atomic mass is 16.6. The summed E-state index contributed by atoms with van der Waals surface area (Å²) in [4.78, 5) is 31.7. The molecule has 1 aromatic heterocycles. The Bertz CT molecular complexity index is 563. The van der Waals surface area contributed by atoms with Crippen molar-refractivity contribution in [3.8, 4) is 0 Å². The molecule has 9 heteroatoms. The maximum absolute atomic E-state index is 11.9. The van der Waals surface area contributed by atoms with Gasteiger partial charge in [-0.05, 0) is 13.3 Å². The largest absolute Gasteiger partial charge is 0.378 e. The van der Waals surface area contributed by atoms with Crippen LogP contribution >= 0.6 is 0 Å². The minimum atomic E-state index is -0.597. The lowest BCUT2D eigenvalue weighted by Crippen LogP contribution is -2.39. The van der Waals surface area contributed by atoms with E-state index in [4.69, 9.17) is 5.73 Å². The molecule has 0 aliphatic carbocycles. The number of hydrogen-bond acceptors (Lipinski definition) is 7. The minimum Gasteiger partial charge on any atom is -0.378 e. The number of anilines is 2. The van der Waals surface area contributed by atoms with Gasteiger partial charge in [0, 0.05) is 20.1 Å². The predicted octanol–water partition coefficient (Wildman–Crippen LogP) is -0.0706. The first-order chi connectivity index (χ1) is 9.39. The number of nitrogens with one attached hydrogen (secondary N) is 1. The van der Waals surface area contributed by atoms with Crippen LogP contribution in [0.4, 0.5) is 17.3 Å². The van der Waals surface area contributed by atoms with Crippen molar-refractivity contribution in [3.05, 3.63) is 16.4 Å². The lowest BCUT2D eigenvalue weighted by molar-refractivity contribution is -0.383. The van der Waals surface area contributed by atoms with Crippen molar-refractivity contribution in [1.82, 2.24) is 15.3 Å². The predicted molar refractivity (Wildman–Crippen MR) is 72.1 cm³/mol. The number of aromatic nitrogens is 2. The highest BCUT2D eigenvalue weighted by Gasteiger charge is 2.42. The van der Waals surface area contributed by atoms with Crippen molar-refractivity contribution in [3.63, 3.8) is 0 Å². The summed E-state index contributed by atoms with van der Waals surface area (Å²) in [5.41, 5.74) is 4.64. The number of nitrogen functional groups attached to an aromatic ring is 1. The van der Waals surface area contributed by atoms with E-state index >= 15 is 0 Å². The third-order valence-corrected chi connectivity index (χ3v) is 3.56. The summed E-state index contributed by atoms with van der Waals surface area (Å²) in [5, 5.41) is 13.7. The van der Waals surface area contributed by atoms with Gasteiger partial charge in [-0.15, -0.1) is 0 Å². The van der Waals surface area contributed by atoms with Crippen molar-refractivity contribution in [1.29, 1.82) is 0 Å². The molecule has 9 nitrogen and oxygen atoms in total. The van der Waals surface area contributed by atoms with Gasteiger partial charge in [0.25, 0.3) is 0 Å². The third kappa shape index (κ3) is 2.22. The number of nitrogens with two attached hydrogens (primary N) is 1. The van der Waals surface area contributed by atoms with Crippen LogP contribution < -0.4 is 16.0 Å². The molecule has 0 spiro atoms. The summed E-state index contributed by atoms with van der Waals surface area (Å²) in [6.45, 7) is 2.67. The first kappa shape index (κ1) is 14.0. The highest BCUT2D eigenvalue weighted by Crippen LogP contribution is 2.37. The lowest BCUT2D eigenvalue weighted by Gasteiger charge is -2.23. The molecule has 0 saturated carbocycles. The number of carbonyl (C=O) groups is 1. The quantitative estimate of drug-likeness (QED) is 0.586. The molecule has 108 valence electrons. The fourth-order valence-corrected chi connectivity index (χ4v) is 2.42. The van der Waals surface area contributed by atoms with Gasteiger partial charge in [0.2, 0.25) is 17.5 Å². The molecule has 2 heterocycles. The average Bonchev–Trinajstić information content (AvgIpc) is 2.81. The van der Waals surface area contributed by atoms with Crippen molar-refractivity contribution >= 4 is 23.2 Å². The molecule has 1 atom stereocenters. The smallest absolute Gasteiger partial charge is 0.353 e. The molecule has 1 unspecified atom stereocenters. The Morgan fingerprint density at radius 1 is 1.60 bits per heavy atom. The molecule has 3 N–H and O–H groups in total. The number of hydrogen-bond donors (Lipinski definition) is 2. The second kappa shape index (κ2) is 4.91. The van der Waals surface area contributed by atoms with Crippen molar-refractivity contribution in [2.75, 3.05) is 30.8 Å². The molecule has 1 aromatic rings. The zero-order chi connectivity index (χ0) is 14.9. The number of amides is 1. The van der Waals surface area contributed by atoms with E-state index in [0.29, 0.717) is 19.5 Å². The standard InChI is InChI=1S/C11H16N6O3/c1-11(10(18)13-2)3-4-16(5-11)9-7(17(19)20)8(12)14-6-15-9/h6H,3-5H2,1-2H3,(H,13,18)(H2,12,14,15). The fraction of sp³-hybridized carbons (Fsp3) is 0.545. The van der Waals surface area contributed by atoms with Gasteiger partial charge >= 0.3 is 5.69 Å². The van der Waals surface area contributed by atoms with E-state index in [9.17, 15) is 14.9 Å². The molecular formula is C11H16N6O3. The summed E-state index contributed by atoms with van der Waals surface area (Å²) in [6, 6.07) is 0. The Balaban J connectivity index is 2.34. The Morgan fingerprint density at radius 3 is 2.90 bits per heavy atom. The molecule has 1 fully saturated rings. The zero-order valence-electron chi connectivity index (χ0n) is 11.3. The van der Waals surface area contributed by atoms with Crippen LogP contribution in [-0.4, -0.2) is 40.9 Å². The zero-order valence-corrected chi connectivity index (χ0v) is 11.3.